The highest BCUT2D eigenvalue weighted by Crippen LogP contribution is 2.43. The molecule has 0 spiro atoms. The van der Waals surface area contributed by atoms with Crippen molar-refractivity contribution in [1.82, 2.24) is 14.8 Å². The Balaban J connectivity index is 1.44. The highest BCUT2D eigenvalue weighted by molar-refractivity contribution is 7.13. The largest absolute Gasteiger partial charge is 0.302 e. The van der Waals surface area contributed by atoms with Gasteiger partial charge in [0.25, 0.3) is 0 Å². The molecule has 1 fully saturated rings. The van der Waals surface area contributed by atoms with Gasteiger partial charge in [-0.05, 0) is 66.3 Å². The van der Waals surface area contributed by atoms with Gasteiger partial charge in [0, 0.05) is 22.9 Å². The van der Waals surface area contributed by atoms with Crippen LogP contribution >= 0.6 is 11.3 Å². The van der Waals surface area contributed by atoms with Crippen molar-refractivity contribution in [3.63, 3.8) is 0 Å². The van der Waals surface area contributed by atoms with E-state index >= 15 is 0 Å². The predicted molar refractivity (Wildman–Crippen MR) is 150 cm³/mol. The molecule has 38 heavy (non-hydrogen) atoms. The van der Waals surface area contributed by atoms with Gasteiger partial charge in [0.1, 0.15) is 5.82 Å². The smallest absolute Gasteiger partial charge is 0.230 e. The summed E-state index contributed by atoms with van der Waals surface area (Å²) in [6.07, 6.45) is 9.18. The summed E-state index contributed by atoms with van der Waals surface area (Å²) < 4.78 is 15.3. The van der Waals surface area contributed by atoms with E-state index in [1.165, 1.54) is 29.9 Å². The number of hydrogen-bond donors (Lipinski definition) is 1. The van der Waals surface area contributed by atoms with E-state index in [-0.39, 0.29) is 29.5 Å². The van der Waals surface area contributed by atoms with Crippen molar-refractivity contribution in [2.75, 3.05) is 5.32 Å². The molecule has 1 amide bonds. The van der Waals surface area contributed by atoms with Crippen LogP contribution in [0.2, 0.25) is 0 Å². The zero-order chi connectivity index (χ0) is 25.9. The number of benzene rings is 3. The maximum absolute atomic E-state index is 14.0. The number of halogens is 1. The van der Waals surface area contributed by atoms with Crippen molar-refractivity contribution in [2.24, 2.45) is 11.8 Å². The average Bonchev–Trinajstić information content (AvgIpc) is 3.63. The van der Waals surface area contributed by atoms with E-state index in [0.717, 1.165) is 53.4 Å². The maximum Gasteiger partial charge on any atom is 0.230 e. The molecule has 5 nitrogen and oxygen atoms in total. The molecule has 1 aliphatic rings. The summed E-state index contributed by atoms with van der Waals surface area (Å²) in [5.41, 5.74) is 3.96. The second kappa shape index (κ2) is 10.9. The van der Waals surface area contributed by atoms with Crippen molar-refractivity contribution in [3.8, 4) is 5.69 Å². The number of rotatable bonds is 7. The number of nitrogens with zero attached hydrogens (tertiary/aromatic N) is 3. The molecular weight excluding hydrogens is 495 g/mol. The molecule has 0 aliphatic heterocycles. The third-order valence-electron chi connectivity index (χ3n) is 7.66. The van der Waals surface area contributed by atoms with Gasteiger partial charge >= 0.3 is 0 Å². The molecule has 1 aliphatic carbocycles. The Hall–Kier alpha value is -3.84. The van der Waals surface area contributed by atoms with Gasteiger partial charge in [-0.15, -0.1) is 11.3 Å². The summed E-state index contributed by atoms with van der Waals surface area (Å²) in [6.45, 7) is 0. The number of nitrogens with one attached hydrogen (secondary N) is 1. The number of carbonyl (C=O) groups excluding carboxylic acids is 1. The molecule has 0 bridgehead atoms. The van der Waals surface area contributed by atoms with E-state index in [1.807, 2.05) is 34.5 Å². The zero-order valence-corrected chi connectivity index (χ0v) is 21.8. The van der Waals surface area contributed by atoms with Gasteiger partial charge in [-0.2, -0.15) is 5.10 Å². The summed E-state index contributed by atoms with van der Waals surface area (Å²) in [5, 5.41) is 11.2. The first-order valence-electron chi connectivity index (χ1n) is 13.2. The molecule has 1 saturated carbocycles. The molecule has 5 aromatic rings. The van der Waals surface area contributed by atoms with Crippen LogP contribution in [0, 0.1) is 17.7 Å². The van der Waals surface area contributed by atoms with Crippen LogP contribution in [-0.2, 0) is 4.79 Å². The molecule has 0 radical (unpaired) electrons. The standard InChI is InChI=1S/C31H29FN4OS/c32-25-12-14-26(15-13-25)36-27-16-11-23(19-24(27)20-34-36)28(21-7-3-1-4-8-21)29(22-9-5-2-6-10-22)30(37)35-31-33-17-18-38-31/h1,3-4,7-8,11-20,22,28-29H,2,5-6,9-10H2,(H,33,35,37). The number of amides is 1. The summed E-state index contributed by atoms with van der Waals surface area (Å²) in [7, 11) is 0. The van der Waals surface area contributed by atoms with Crippen LogP contribution in [0.5, 0.6) is 0 Å². The Kier molecular flexibility index (Phi) is 7.01. The zero-order valence-electron chi connectivity index (χ0n) is 21.0. The lowest BCUT2D eigenvalue weighted by Gasteiger charge is -2.35. The lowest BCUT2D eigenvalue weighted by atomic mass is 9.69. The van der Waals surface area contributed by atoms with Crippen LogP contribution < -0.4 is 5.32 Å². The third kappa shape index (κ3) is 4.98. The molecule has 2 aromatic heterocycles. The van der Waals surface area contributed by atoms with E-state index < -0.39 is 0 Å². The number of carbonyl (C=O) groups is 1. The average molecular weight is 525 g/mol. The lowest BCUT2D eigenvalue weighted by Crippen LogP contribution is -2.36. The van der Waals surface area contributed by atoms with Gasteiger partial charge in [-0.3, -0.25) is 4.79 Å². The molecule has 192 valence electrons. The van der Waals surface area contributed by atoms with Gasteiger partial charge < -0.3 is 5.32 Å². The van der Waals surface area contributed by atoms with Crippen LogP contribution in [0.4, 0.5) is 9.52 Å². The van der Waals surface area contributed by atoms with E-state index in [2.05, 4.69) is 45.7 Å². The minimum atomic E-state index is -0.275. The number of thiazole rings is 1. The lowest BCUT2D eigenvalue weighted by molar-refractivity contribution is -0.122. The maximum atomic E-state index is 14.0. The highest BCUT2D eigenvalue weighted by Gasteiger charge is 2.38. The Morgan fingerprint density at radius 3 is 2.50 bits per heavy atom. The first kappa shape index (κ1) is 24.5. The van der Waals surface area contributed by atoms with Crippen LogP contribution in [-0.4, -0.2) is 20.7 Å². The second-order valence-electron chi connectivity index (χ2n) is 9.99. The predicted octanol–water partition coefficient (Wildman–Crippen LogP) is 7.59. The molecule has 1 N–H and O–H groups in total. The quantitative estimate of drug-likeness (QED) is 0.239. The van der Waals surface area contributed by atoms with Crippen molar-refractivity contribution < 1.29 is 9.18 Å². The van der Waals surface area contributed by atoms with Crippen molar-refractivity contribution in [1.29, 1.82) is 0 Å². The second-order valence-corrected chi connectivity index (χ2v) is 10.9. The molecule has 2 heterocycles. The van der Waals surface area contributed by atoms with Crippen LogP contribution in [0.25, 0.3) is 16.6 Å². The molecule has 7 heteroatoms. The highest BCUT2D eigenvalue weighted by atomic mass is 32.1. The summed E-state index contributed by atoms with van der Waals surface area (Å²) in [4.78, 5) is 18.3. The number of hydrogen-bond acceptors (Lipinski definition) is 4. The van der Waals surface area contributed by atoms with E-state index in [0.29, 0.717) is 5.13 Å². The Bertz CT molecular complexity index is 1510. The minimum absolute atomic E-state index is 0.0304. The topological polar surface area (TPSA) is 59.8 Å². The normalized spacial score (nSPS) is 15.8. The van der Waals surface area contributed by atoms with Crippen molar-refractivity contribution in [3.05, 3.63) is 108 Å². The van der Waals surface area contributed by atoms with Crippen molar-refractivity contribution >= 4 is 33.3 Å². The first-order chi connectivity index (χ1) is 18.7. The molecule has 2 atom stereocenters. The first-order valence-corrected chi connectivity index (χ1v) is 14.0. The third-order valence-corrected chi connectivity index (χ3v) is 8.35. The SMILES string of the molecule is O=C(Nc1nccs1)C(C1CCCCC1)C(c1ccccc1)c1ccc2c(cnn2-c2ccc(F)cc2)c1. The fraction of sp³-hybridized carbons (Fsp3) is 0.258. The Morgan fingerprint density at radius 1 is 0.974 bits per heavy atom. The van der Waals surface area contributed by atoms with Gasteiger partial charge in [-0.1, -0.05) is 55.7 Å². The van der Waals surface area contributed by atoms with Gasteiger partial charge in [-0.25, -0.2) is 14.1 Å². The molecule has 2 unspecified atom stereocenters. The molecule has 0 saturated heterocycles. The monoisotopic (exact) mass is 524 g/mol. The summed E-state index contributed by atoms with van der Waals surface area (Å²) in [5.74, 6) is -0.304. The van der Waals surface area contributed by atoms with Crippen molar-refractivity contribution in [2.45, 2.75) is 38.0 Å². The van der Waals surface area contributed by atoms with E-state index in [1.54, 1.807) is 18.3 Å². The Labute approximate surface area is 225 Å². The summed E-state index contributed by atoms with van der Waals surface area (Å²) in [6, 6.07) is 23.0. The van der Waals surface area contributed by atoms with Crippen LogP contribution in [0.3, 0.4) is 0 Å². The molecule has 6 rings (SSSR count). The molecular formula is C31H29FN4OS. The summed E-state index contributed by atoms with van der Waals surface area (Å²) >= 11 is 1.44. The van der Waals surface area contributed by atoms with E-state index in [4.69, 9.17) is 0 Å². The number of anilines is 1. The molecule has 3 aromatic carbocycles. The fourth-order valence-corrected chi connectivity index (χ4v) is 6.44. The number of fused-ring (bicyclic) bond motifs is 1. The van der Waals surface area contributed by atoms with Crippen LogP contribution in [0.15, 0.2) is 90.6 Å². The Morgan fingerprint density at radius 2 is 1.76 bits per heavy atom. The van der Waals surface area contributed by atoms with Gasteiger partial charge in [0.05, 0.1) is 23.3 Å². The van der Waals surface area contributed by atoms with Gasteiger partial charge in [0.15, 0.2) is 5.13 Å². The van der Waals surface area contributed by atoms with Gasteiger partial charge in [0.2, 0.25) is 5.91 Å². The van der Waals surface area contributed by atoms with E-state index in [9.17, 15) is 9.18 Å². The minimum Gasteiger partial charge on any atom is -0.302 e. The fourth-order valence-electron chi connectivity index (χ4n) is 5.91. The van der Waals surface area contributed by atoms with Crippen LogP contribution in [0.1, 0.15) is 49.1 Å². The number of aromatic nitrogens is 3.